The van der Waals surface area contributed by atoms with Gasteiger partial charge >= 0.3 is 0 Å². The van der Waals surface area contributed by atoms with E-state index >= 15 is 0 Å². The molecule has 204 valence electrons. The molecule has 38 heavy (non-hydrogen) atoms. The number of anilines is 1. The number of aromatic nitrogens is 1. The predicted molar refractivity (Wildman–Crippen MR) is 150 cm³/mol. The van der Waals surface area contributed by atoms with Gasteiger partial charge in [0.15, 0.2) is 0 Å². The summed E-state index contributed by atoms with van der Waals surface area (Å²) in [5.74, 6) is 0.118. The van der Waals surface area contributed by atoms with Crippen LogP contribution in [0.5, 0.6) is 0 Å². The summed E-state index contributed by atoms with van der Waals surface area (Å²) in [5, 5.41) is 6.64. The van der Waals surface area contributed by atoms with E-state index in [0.29, 0.717) is 17.3 Å². The van der Waals surface area contributed by atoms with Crippen LogP contribution < -0.4 is 10.6 Å². The molecule has 8 heteroatoms. The Kier molecular flexibility index (Phi) is 10.6. The normalized spacial score (nSPS) is 17.4. The Hall–Kier alpha value is -2.93. The number of pyridine rings is 1. The highest BCUT2D eigenvalue weighted by molar-refractivity contribution is 6.30. The SMILES string of the molecule is O=C(CCCC(=O)N(C1CCCCC1)C(C(=O)NC1CCCCC1)c1ccc(Cl)cc1)Nc1ccccn1. The van der Waals surface area contributed by atoms with Crippen molar-refractivity contribution in [3.8, 4) is 0 Å². The van der Waals surface area contributed by atoms with Crippen LogP contribution in [0.4, 0.5) is 5.82 Å². The van der Waals surface area contributed by atoms with Gasteiger partial charge < -0.3 is 15.5 Å². The van der Waals surface area contributed by atoms with Crippen molar-refractivity contribution in [2.45, 2.75) is 102 Å². The van der Waals surface area contributed by atoms with E-state index < -0.39 is 6.04 Å². The molecule has 2 aromatic rings. The zero-order valence-electron chi connectivity index (χ0n) is 22.0. The number of rotatable bonds is 10. The number of benzene rings is 1. The first-order valence-corrected chi connectivity index (χ1v) is 14.5. The van der Waals surface area contributed by atoms with Gasteiger partial charge in [-0.1, -0.05) is 68.3 Å². The van der Waals surface area contributed by atoms with Crippen molar-refractivity contribution >= 4 is 35.1 Å². The summed E-state index contributed by atoms with van der Waals surface area (Å²) >= 11 is 6.18. The summed E-state index contributed by atoms with van der Waals surface area (Å²) in [6.45, 7) is 0. The summed E-state index contributed by atoms with van der Waals surface area (Å²) in [5.41, 5.74) is 0.773. The number of carbonyl (C=O) groups excluding carboxylic acids is 3. The first-order valence-electron chi connectivity index (χ1n) is 14.1. The zero-order chi connectivity index (χ0) is 26.7. The minimum absolute atomic E-state index is 0.00335. The minimum Gasteiger partial charge on any atom is -0.351 e. The summed E-state index contributed by atoms with van der Waals surface area (Å²) in [6.07, 6.45) is 12.8. The molecule has 1 unspecified atom stereocenters. The molecule has 2 saturated carbocycles. The first-order chi connectivity index (χ1) is 18.5. The quantitative estimate of drug-likeness (QED) is 0.377. The van der Waals surface area contributed by atoms with Crippen LogP contribution in [0.15, 0.2) is 48.7 Å². The largest absolute Gasteiger partial charge is 0.351 e. The van der Waals surface area contributed by atoms with Crippen molar-refractivity contribution in [3.63, 3.8) is 0 Å². The molecule has 2 aliphatic carbocycles. The smallest absolute Gasteiger partial charge is 0.247 e. The molecule has 2 N–H and O–H groups in total. The number of hydrogen-bond acceptors (Lipinski definition) is 4. The second-order valence-electron chi connectivity index (χ2n) is 10.5. The standard InChI is InChI=1S/C30H39ClN4O3/c31-23-19-17-22(18-20-23)29(30(38)33-24-10-3-1-4-11-24)35(25-12-5-2-6-13-25)28(37)16-9-15-27(36)34-26-14-7-8-21-32-26/h7-8,14,17-21,24-25,29H,1-6,9-13,15-16H2,(H,33,38)(H,32,34,36). The highest BCUT2D eigenvalue weighted by atomic mass is 35.5. The van der Waals surface area contributed by atoms with E-state index in [9.17, 15) is 14.4 Å². The average molecular weight is 539 g/mol. The Balaban J connectivity index is 1.50. The third-order valence-electron chi connectivity index (χ3n) is 7.65. The van der Waals surface area contributed by atoms with Crippen LogP contribution in [0, 0.1) is 0 Å². The Morgan fingerprint density at radius 3 is 2.24 bits per heavy atom. The van der Waals surface area contributed by atoms with E-state index in [1.165, 1.54) is 6.42 Å². The van der Waals surface area contributed by atoms with Crippen LogP contribution >= 0.6 is 11.6 Å². The number of hydrogen-bond donors (Lipinski definition) is 2. The van der Waals surface area contributed by atoms with Crippen molar-refractivity contribution < 1.29 is 14.4 Å². The van der Waals surface area contributed by atoms with Crippen LogP contribution in [0.3, 0.4) is 0 Å². The van der Waals surface area contributed by atoms with Gasteiger partial charge in [-0.25, -0.2) is 4.98 Å². The molecule has 0 aliphatic heterocycles. The molecule has 0 radical (unpaired) electrons. The minimum atomic E-state index is -0.716. The molecule has 1 atom stereocenters. The molecular formula is C30H39ClN4O3. The lowest BCUT2D eigenvalue weighted by molar-refractivity contribution is -0.145. The molecule has 2 aliphatic rings. The maximum atomic E-state index is 13.9. The number of nitrogens with one attached hydrogen (secondary N) is 2. The van der Waals surface area contributed by atoms with Crippen LogP contribution in [-0.4, -0.2) is 39.7 Å². The van der Waals surface area contributed by atoms with E-state index in [1.807, 2.05) is 23.1 Å². The third-order valence-corrected chi connectivity index (χ3v) is 7.90. The Morgan fingerprint density at radius 2 is 1.58 bits per heavy atom. The van der Waals surface area contributed by atoms with Gasteiger partial charge in [0.05, 0.1) is 0 Å². The molecule has 7 nitrogen and oxygen atoms in total. The zero-order valence-corrected chi connectivity index (χ0v) is 22.8. The van der Waals surface area contributed by atoms with Crippen LogP contribution in [0.25, 0.3) is 0 Å². The average Bonchev–Trinajstić information content (AvgIpc) is 2.94. The van der Waals surface area contributed by atoms with Gasteiger partial charge in [0, 0.05) is 36.1 Å². The molecule has 0 spiro atoms. The van der Waals surface area contributed by atoms with Crippen molar-refractivity contribution in [2.24, 2.45) is 0 Å². The number of halogens is 1. The molecule has 1 aromatic heterocycles. The van der Waals surface area contributed by atoms with Gasteiger partial charge in [-0.2, -0.15) is 0 Å². The molecule has 1 aromatic carbocycles. The molecular weight excluding hydrogens is 500 g/mol. The van der Waals surface area contributed by atoms with Gasteiger partial charge in [-0.3, -0.25) is 14.4 Å². The van der Waals surface area contributed by atoms with E-state index in [4.69, 9.17) is 11.6 Å². The number of carbonyl (C=O) groups is 3. The lowest BCUT2D eigenvalue weighted by Gasteiger charge is -2.40. The summed E-state index contributed by atoms with van der Waals surface area (Å²) in [4.78, 5) is 46.1. The fourth-order valence-electron chi connectivity index (χ4n) is 5.70. The molecule has 3 amide bonds. The summed E-state index contributed by atoms with van der Waals surface area (Å²) in [7, 11) is 0. The van der Waals surface area contributed by atoms with Gasteiger partial charge in [0.1, 0.15) is 11.9 Å². The van der Waals surface area contributed by atoms with Crippen molar-refractivity contribution in [2.75, 3.05) is 5.32 Å². The highest BCUT2D eigenvalue weighted by Gasteiger charge is 2.37. The maximum absolute atomic E-state index is 13.9. The molecule has 0 saturated heterocycles. The second kappa shape index (κ2) is 14.3. The van der Waals surface area contributed by atoms with Gasteiger partial charge in [-0.15, -0.1) is 0 Å². The topological polar surface area (TPSA) is 91.4 Å². The molecule has 2 fully saturated rings. The molecule has 0 bridgehead atoms. The van der Waals surface area contributed by atoms with E-state index in [0.717, 1.165) is 63.4 Å². The fraction of sp³-hybridized carbons (Fsp3) is 0.533. The summed E-state index contributed by atoms with van der Waals surface area (Å²) < 4.78 is 0. The highest BCUT2D eigenvalue weighted by Crippen LogP contribution is 2.33. The third kappa shape index (κ3) is 8.03. The van der Waals surface area contributed by atoms with Gasteiger partial charge in [0.2, 0.25) is 17.7 Å². The molecule has 1 heterocycles. The Morgan fingerprint density at radius 1 is 0.895 bits per heavy atom. The van der Waals surface area contributed by atoms with E-state index in [1.54, 1.807) is 30.5 Å². The van der Waals surface area contributed by atoms with Crippen molar-refractivity contribution in [3.05, 3.63) is 59.2 Å². The monoisotopic (exact) mass is 538 g/mol. The van der Waals surface area contributed by atoms with Crippen LogP contribution in [0.2, 0.25) is 5.02 Å². The maximum Gasteiger partial charge on any atom is 0.247 e. The van der Waals surface area contributed by atoms with Crippen LogP contribution in [0.1, 0.15) is 95.1 Å². The number of amides is 3. The van der Waals surface area contributed by atoms with E-state index in [2.05, 4.69) is 15.6 Å². The molecule has 4 rings (SSSR count). The Bertz CT molecular complexity index is 1050. The van der Waals surface area contributed by atoms with Gasteiger partial charge in [0.25, 0.3) is 0 Å². The van der Waals surface area contributed by atoms with Crippen LogP contribution in [-0.2, 0) is 14.4 Å². The van der Waals surface area contributed by atoms with Crippen molar-refractivity contribution in [1.82, 2.24) is 15.2 Å². The Labute approximate surface area is 230 Å². The van der Waals surface area contributed by atoms with Gasteiger partial charge in [-0.05, 0) is 61.9 Å². The lowest BCUT2D eigenvalue weighted by Crippen LogP contribution is -2.51. The predicted octanol–water partition coefficient (Wildman–Crippen LogP) is 6.20. The number of nitrogens with zero attached hydrogens (tertiary/aromatic N) is 2. The van der Waals surface area contributed by atoms with Crippen molar-refractivity contribution in [1.29, 1.82) is 0 Å². The first kappa shape index (κ1) is 28.1. The second-order valence-corrected chi connectivity index (χ2v) is 10.9. The van der Waals surface area contributed by atoms with E-state index in [-0.39, 0.29) is 42.6 Å². The lowest BCUT2D eigenvalue weighted by atomic mass is 9.90. The summed E-state index contributed by atoms with van der Waals surface area (Å²) in [6, 6.07) is 12.0. The fourth-order valence-corrected chi connectivity index (χ4v) is 5.83.